The molecular weight excluding hydrogens is 298 g/mol. The van der Waals surface area contributed by atoms with Gasteiger partial charge in [0.15, 0.2) is 0 Å². The van der Waals surface area contributed by atoms with E-state index in [1.807, 2.05) is 67.6 Å². The number of hydrogen-bond donors (Lipinski definition) is 2. The van der Waals surface area contributed by atoms with E-state index in [0.29, 0.717) is 13.0 Å². The molecule has 3 nitrogen and oxygen atoms in total. The molecule has 0 saturated heterocycles. The van der Waals surface area contributed by atoms with Crippen LogP contribution in [0.1, 0.15) is 49.7 Å². The van der Waals surface area contributed by atoms with Gasteiger partial charge in [-0.3, -0.25) is 4.79 Å². The van der Waals surface area contributed by atoms with Crippen LogP contribution in [0.5, 0.6) is 0 Å². The minimum absolute atomic E-state index is 0.0511. The van der Waals surface area contributed by atoms with Gasteiger partial charge >= 0.3 is 0 Å². The van der Waals surface area contributed by atoms with Crippen molar-refractivity contribution in [1.82, 2.24) is 5.32 Å². The molecule has 0 saturated carbocycles. The summed E-state index contributed by atoms with van der Waals surface area (Å²) in [5.74, 6) is 0.0350. The van der Waals surface area contributed by atoms with Crippen molar-refractivity contribution in [2.24, 2.45) is 0 Å². The summed E-state index contributed by atoms with van der Waals surface area (Å²) in [4.78, 5) is 12.6. The fourth-order valence-corrected chi connectivity index (χ4v) is 3.08. The number of amides is 1. The van der Waals surface area contributed by atoms with E-state index in [4.69, 9.17) is 0 Å². The summed E-state index contributed by atoms with van der Waals surface area (Å²) in [6, 6.07) is 19.9. The van der Waals surface area contributed by atoms with Gasteiger partial charge < -0.3 is 10.4 Å². The summed E-state index contributed by atoms with van der Waals surface area (Å²) in [6.45, 7) is 4.36. The van der Waals surface area contributed by atoms with Gasteiger partial charge in [-0.15, -0.1) is 0 Å². The van der Waals surface area contributed by atoms with Gasteiger partial charge in [0, 0.05) is 12.5 Å². The number of carbonyl (C=O) groups is 1. The second kappa shape index (κ2) is 9.24. The van der Waals surface area contributed by atoms with Gasteiger partial charge in [-0.1, -0.05) is 67.6 Å². The van der Waals surface area contributed by atoms with E-state index < -0.39 is 6.10 Å². The minimum atomic E-state index is -0.400. The molecule has 2 N–H and O–H groups in total. The van der Waals surface area contributed by atoms with Crippen LogP contribution < -0.4 is 5.32 Å². The standard InChI is InChI=1S/C21H27NO2/c1-3-20(18-12-8-5-9-13-18)21(24)22-15-19(14-16(2)23)17-10-6-4-7-11-17/h4-13,16,19-20,23H,3,14-15H2,1-2H3,(H,22,24). The fourth-order valence-electron chi connectivity index (χ4n) is 3.08. The van der Waals surface area contributed by atoms with Crippen molar-refractivity contribution in [2.75, 3.05) is 6.54 Å². The van der Waals surface area contributed by atoms with Crippen LogP contribution in [0.3, 0.4) is 0 Å². The van der Waals surface area contributed by atoms with E-state index in [1.165, 1.54) is 0 Å². The van der Waals surface area contributed by atoms with E-state index in [2.05, 4.69) is 5.32 Å². The molecule has 3 heteroatoms. The van der Waals surface area contributed by atoms with Crippen LogP contribution in [0.25, 0.3) is 0 Å². The summed E-state index contributed by atoms with van der Waals surface area (Å²) in [6.07, 6.45) is 0.998. The highest BCUT2D eigenvalue weighted by Crippen LogP contribution is 2.22. The highest BCUT2D eigenvalue weighted by molar-refractivity contribution is 5.83. The summed E-state index contributed by atoms with van der Waals surface area (Å²) in [7, 11) is 0. The lowest BCUT2D eigenvalue weighted by Crippen LogP contribution is -2.33. The van der Waals surface area contributed by atoms with E-state index in [-0.39, 0.29) is 17.7 Å². The Bertz CT molecular complexity index is 610. The Balaban J connectivity index is 2.03. The van der Waals surface area contributed by atoms with E-state index in [0.717, 1.165) is 17.5 Å². The predicted octanol–water partition coefficient (Wildman–Crippen LogP) is 3.85. The highest BCUT2D eigenvalue weighted by atomic mass is 16.3. The van der Waals surface area contributed by atoms with Crippen LogP contribution in [0.4, 0.5) is 0 Å². The van der Waals surface area contributed by atoms with Gasteiger partial charge in [-0.05, 0) is 30.9 Å². The van der Waals surface area contributed by atoms with Crippen molar-refractivity contribution < 1.29 is 9.90 Å². The number of aliphatic hydroxyl groups is 1. The second-order valence-electron chi connectivity index (χ2n) is 6.31. The van der Waals surface area contributed by atoms with Gasteiger partial charge in [-0.2, -0.15) is 0 Å². The Hall–Kier alpha value is -2.13. The van der Waals surface area contributed by atoms with Crippen molar-refractivity contribution in [3.05, 3.63) is 71.8 Å². The van der Waals surface area contributed by atoms with Crippen molar-refractivity contribution >= 4 is 5.91 Å². The van der Waals surface area contributed by atoms with E-state index in [1.54, 1.807) is 6.92 Å². The van der Waals surface area contributed by atoms with Crippen molar-refractivity contribution in [3.8, 4) is 0 Å². The Kier molecular flexibility index (Phi) is 7.01. The lowest BCUT2D eigenvalue weighted by molar-refractivity contribution is -0.122. The maximum absolute atomic E-state index is 12.6. The highest BCUT2D eigenvalue weighted by Gasteiger charge is 2.20. The molecule has 0 heterocycles. The van der Waals surface area contributed by atoms with Crippen LogP contribution in [0, 0.1) is 0 Å². The molecule has 0 bridgehead atoms. The first-order valence-electron chi connectivity index (χ1n) is 8.67. The summed E-state index contributed by atoms with van der Waals surface area (Å²) < 4.78 is 0. The van der Waals surface area contributed by atoms with Crippen LogP contribution in [0.2, 0.25) is 0 Å². The summed E-state index contributed by atoms with van der Waals surface area (Å²) >= 11 is 0. The maximum atomic E-state index is 12.6. The summed E-state index contributed by atoms with van der Waals surface area (Å²) in [5, 5.41) is 12.9. The zero-order valence-corrected chi connectivity index (χ0v) is 14.5. The number of aliphatic hydroxyl groups excluding tert-OH is 1. The molecule has 2 rings (SSSR count). The van der Waals surface area contributed by atoms with E-state index >= 15 is 0 Å². The van der Waals surface area contributed by atoms with Crippen molar-refractivity contribution in [1.29, 1.82) is 0 Å². The molecule has 2 aromatic rings. The zero-order chi connectivity index (χ0) is 17.4. The molecule has 24 heavy (non-hydrogen) atoms. The number of hydrogen-bond acceptors (Lipinski definition) is 2. The molecular formula is C21H27NO2. The number of nitrogens with one attached hydrogen (secondary N) is 1. The molecule has 128 valence electrons. The van der Waals surface area contributed by atoms with Gasteiger partial charge in [0.05, 0.1) is 12.0 Å². The molecule has 3 atom stereocenters. The monoisotopic (exact) mass is 325 g/mol. The number of rotatable bonds is 8. The topological polar surface area (TPSA) is 49.3 Å². The van der Waals surface area contributed by atoms with Crippen molar-refractivity contribution in [2.45, 2.75) is 44.6 Å². The van der Waals surface area contributed by atoms with Crippen LogP contribution in [0.15, 0.2) is 60.7 Å². The molecule has 0 fully saturated rings. The first kappa shape index (κ1) is 18.2. The van der Waals surface area contributed by atoms with Crippen LogP contribution in [-0.4, -0.2) is 23.7 Å². The first-order chi connectivity index (χ1) is 11.6. The molecule has 0 spiro atoms. The lowest BCUT2D eigenvalue weighted by Gasteiger charge is -2.22. The Morgan fingerprint density at radius 1 is 1.00 bits per heavy atom. The van der Waals surface area contributed by atoms with Crippen molar-refractivity contribution in [3.63, 3.8) is 0 Å². The normalized spacial score (nSPS) is 14.6. The van der Waals surface area contributed by atoms with Crippen LogP contribution in [-0.2, 0) is 4.79 Å². The molecule has 2 aromatic carbocycles. The third-order valence-electron chi connectivity index (χ3n) is 4.35. The third-order valence-corrected chi connectivity index (χ3v) is 4.35. The van der Waals surface area contributed by atoms with Gasteiger partial charge in [0.25, 0.3) is 0 Å². The Morgan fingerprint density at radius 2 is 1.54 bits per heavy atom. The zero-order valence-electron chi connectivity index (χ0n) is 14.5. The first-order valence-corrected chi connectivity index (χ1v) is 8.67. The quantitative estimate of drug-likeness (QED) is 0.774. The van der Waals surface area contributed by atoms with Gasteiger partial charge in [0.2, 0.25) is 5.91 Å². The number of carbonyl (C=O) groups excluding carboxylic acids is 1. The lowest BCUT2D eigenvalue weighted by atomic mass is 9.92. The molecule has 0 aliphatic carbocycles. The molecule has 0 aliphatic rings. The summed E-state index contributed by atoms with van der Waals surface area (Å²) in [5.41, 5.74) is 2.19. The van der Waals surface area contributed by atoms with Crippen LogP contribution >= 0.6 is 0 Å². The number of benzene rings is 2. The van der Waals surface area contributed by atoms with Gasteiger partial charge in [-0.25, -0.2) is 0 Å². The third kappa shape index (κ3) is 5.20. The molecule has 0 aromatic heterocycles. The predicted molar refractivity (Wildman–Crippen MR) is 98.0 cm³/mol. The maximum Gasteiger partial charge on any atom is 0.227 e. The van der Waals surface area contributed by atoms with E-state index in [9.17, 15) is 9.90 Å². The largest absolute Gasteiger partial charge is 0.393 e. The fraction of sp³-hybridized carbons (Fsp3) is 0.381. The second-order valence-corrected chi connectivity index (χ2v) is 6.31. The molecule has 0 radical (unpaired) electrons. The molecule has 1 amide bonds. The average molecular weight is 325 g/mol. The average Bonchev–Trinajstić information content (AvgIpc) is 2.60. The molecule has 0 aliphatic heterocycles. The SMILES string of the molecule is CCC(C(=O)NCC(CC(C)O)c1ccccc1)c1ccccc1. The molecule has 3 unspecified atom stereocenters. The Labute approximate surface area is 144 Å². The smallest absolute Gasteiger partial charge is 0.227 e. The Morgan fingerprint density at radius 3 is 2.04 bits per heavy atom. The minimum Gasteiger partial charge on any atom is -0.393 e. The van der Waals surface area contributed by atoms with Gasteiger partial charge in [0.1, 0.15) is 0 Å².